The normalized spacial score (nSPS) is 19.2. The number of hydrogen-bond donors (Lipinski definition) is 2. The number of nitrogens with zero attached hydrogens (tertiary/aromatic N) is 3. The van der Waals surface area contributed by atoms with Gasteiger partial charge in [0.25, 0.3) is 18.7 Å². The quantitative estimate of drug-likeness (QED) is 0.144. The third kappa shape index (κ3) is 5.65. The molecule has 1 saturated heterocycles. The second-order valence-corrected chi connectivity index (χ2v) is 9.88. The topological polar surface area (TPSA) is 145 Å². The number of oxime groups is 1. The molecule has 196 valence electrons. The molecule has 0 radical (unpaired) electrons. The summed E-state index contributed by atoms with van der Waals surface area (Å²) in [4.78, 5) is 48.6. The van der Waals surface area contributed by atoms with Gasteiger partial charge in [-0.25, -0.2) is 14.2 Å². The Hall–Kier alpha value is -3.36. The number of anilines is 1. The molecule has 0 unspecified atom stereocenters. The second-order valence-electron chi connectivity index (χ2n) is 7.62. The van der Waals surface area contributed by atoms with E-state index in [0.29, 0.717) is 17.1 Å². The molecular formula is C22H21ClFN5O6S2. The Kier molecular flexibility index (Phi) is 8.51. The number of β-lactam (4-membered cyclic amide) rings is 1. The fraction of sp³-hybridized carbons (Fsp3) is 0.318. The Labute approximate surface area is 223 Å². The predicted octanol–water partition coefficient (Wildman–Crippen LogP) is 2.02. The molecule has 2 atom stereocenters. The van der Waals surface area contributed by atoms with Crippen LogP contribution in [0, 0.1) is 0 Å². The number of halogens is 2. The molecule has 1 aromatic heterocycles. The van der Waals surface area contributed by atoms with E-state index in [1.165, 1.54) is 22.0 Å². The zero-order chi connectivity index (χ0) is 26.5. The average Bonchev–Trinajstić information content (AvgIpc) is 3.35. The number of esters is 1. The van der Waals surface area contributed by atoms with Crippen molar-refractivity contribution in [3.8, 4) is 5.75 Å². The van der Waals surface area contributed by atoms with Crippen LogP contribution in [0.3, 0.4) is 0 Å². The summed E-state index contributed by atoms with van der Waals surface area (Å²) in [6.45, 7) is -1.29. The van der Waals surface area contributed by atoms with Gasteiger partial charge in [-0.2, -0.15) is 0 Å². The molecule has 1 fully saturated rings. The van der Waals surface area contributed by atoms with E-state index >= 15 is 0 Å². The van der Waals surface area contributed by atoms with Crippen molar-refractivity contribution in [2.45, 2.75) is 18.0 Å². The zero-order valence-corrected chi connectivity index (χ0v) is 21.7. The molecule has 15 heteroatoms. The van der Waals surface area contributed by atoms with Gasteiger partial charge >= 0.3 is 5.97 Å². The number of hydrogen-bond acceptors (Lipinski definition) is 11. The number of ether oxygens (including phenoxy) is 2. The molecule has 2 amide bonds. The Bertz CT molecular complexity index is 1250. The lowest BCUT2D eigenvalue weighted by atomic mass is 10.0. The van der Waals surface area contributed by atoms with Gasteiger partial charge in [-0.05, 0) is 23.3 Å². The maximum Gasteiger partial charge on any atom is 0.355 e. The number of thiazole rings is 1. The van der Waals surface area contributed by atoms with E-state index < -0.39 is 36.1 Å². The van der Waals surface area contributed by atoms with E-state index in [1.807, 2.05) is 0 Å². The van der Waals surface area contributed by atoms with Crippen molar-refractivity contribution < 1.29 is 33.1 Å². The van der Waals surface area contributed by atoms with Crippen LogP contribution in [0.25, 0.3) is 0 Å². The maximum atomic E-state index is 13.1. The first-order valence-electron chi connectivity index (χ1n) is 10.7. The number of nitrogen functional groups attached to an aromatic ring is 1. The van der Waals surface area contributed by atoms with Crippen molar-refractivity contribution in [2.75, 3.05) is 31.3 Å². The van der Waals surface area contributed by atoms with Crippen molar-refractivity contribution in [2.24, 2.45) is 5.16 Å². The second kappa shape index (κ2) is 11.8. The highest BCUT2D eigenvalue weighted by Crippen LogP contribution is 2.41. The van der Waals surface area contributed by atoms with Crippen molar-refractivity contribution in [3.63, 3.8) is 0 Å². The minimum absolute atomic E-state index is 0.0208. The summed E-state index contributed by atoms with van der Waals surface area (Å²) in [5.41, 5.74) is 6.67. The van der Waals surface area contributed by atoms with Crippen molar-refractivity contribution in [1.82, 2.24) is 15.2 Å². The van der Waals surface area contributed by atoms with Crippen LogP contribution >= 0.6 is 34.7 Å². The van der Waals surface area contributed by atoms with Crippen molar-refractivity contribution in [1.29, 1.82) is 0 Å². The molecule has 0 aliphatic carbocycles. The van der Waals surface area contributed by atoms with E-state index in [9.17, 15) is 18.8 Å². The summed E-state index contributed by atoms with van der Waals surface area (Å²) >= 11 is 8.44. The Morgan fingerprint density at radius 2 is 2.11 bits per heavy atom. The highest BCUT2D eigenvalue weighted by molar-refractivity contribution is 8.00. The van der Waals surface area contributed by atoms with Crippen LogP contribution in [-0.4, -0.2) is 70.4 Å². The highest BCUT2D eigenvalue weighted by atomic mass is 35.5. The minimum Gasteiger partial charge on any atom is -0.497 e. The van der Waals surface area contributed by atoms with E-state index in [-0.39, 0.29) is 34.7 Å². The molecule has 0 bridgehead atoms. The summed E-state index contributed by atoms with van der Waals surface area (Å²) in [5.74, 6) is -1.01. The summed E-state index contributed by atoms with van der Waals surface area (Å²) in [7, 11) is 1.55. The van der Waals surface area contributed by atoms with Crippen molar-refractivity contribution >= 4 is 63.3 Å². The Morgan fingerprint density at radius 3 is 2.73 bits per heavy atom. The number of aromatic nitrogens is 1. The predicted molar refractivity (Wildman–Crippen MR) is 136 cm³/mol. The lowest BCUT2D eigenvalue weighted by molar-refractivity contribution is -0.153. The van der Waals surface area contributed by atoms with E-state index in [0.717, 1.165) is 16.9 Å². The summed E-state index contributed by atoms with van der Waals surface area (Å²) in [6.07, 6.45) is 0. The van der Waals surface area contributed by atoms with Crippen LogP contribution in [0.2, 0.25) is 0 Å². The van der Waals surface area contributed by atoms with Crippen LogP contribution in [0.5, 0.6) is 5.75 Å². The zero-order valence-electron chi connectivity index (χ0n) is 19.3. The van der Waals surface area contributed by atoms with Gasteiger partial charge in [-0.1, -0.05) is 17.3 Å². The van der Waals surface area contributed by atoms with Gasteiger partial charge in [0.05, 0.1) is 7.11 Å². The Balaban J connectivity index is 1.46. The van der Waals surface area contributed by atoms with Crippen LogP contribution in [0.1, 0.15) is 11.3 Å². The van der Waals surface area contributed by atoms with Gasteiger partial charge in [0, 0.05) is 17.0 Å². The number of amides is 2. The summed E-state index contributed by atoms with van der Waals surface area (Å²) in [6, 6.07) is 6.00. The number of methoxy groups -OCH3 is 1. The molecule has 37 heavy (non-hydrogen) atoms. The number of thioether (sulfide) groups is 1. The monoisotopic (exact) mass is 569 g/mol. The highest BCUT2D eigenvalue weighted by Gasteiger charge is 2.54. The van der Waals surface area contributed by atoms with E-state index in [2.05, 4.69) is 20.3 Å². The smallest absolute Gasteiger partial charge is 0.355 e. The van der Waals surface area contributed by atoms with Gasteiger partial charge in [-0.3, -0.25) is 14.5 Å². The average molecular weight is 570 g/mol. The van der Waals surface area contributed by atoms with Gasteiger partial charge in [0.1, 0.15) is 35.2 Å². The largest absolute Gasteiger partial charge is 0.497 e. The number of alkyl halides is 2. The number of rotatable bonds is 10. The first-order chi connectivity index (χ1) is 17.9. The van der Waals surface area contributed by atoms with Crippen molar-refractivity contribution in [3.05, 3.63) is 52.2 Å². The third-order valence-corrected chi connectivity index (χ3v) is 7.74. The molecule has 0 spiro atoms. The SMILES string of the molecule is COc1ccc(COC(=O)C2=C(CCl)CS[C@@H]3[C@H](NC(=O)C(=NOCF)c4csc(N)n4)C(=O)N23)cc1. The standard InChI is InChI=1S/C22H21ClFN5O6S2/c1-33-13-4-2-11(3-5-13)7-34-21(32)17-12(6-23)8-36-20-16(19(31)29(17)20)27-18(30)15(28-35-10-24)14-9-37-22(25)26-14/h2-5,9,16,20H,6-8,10H2,1H3,(H2,25,26)(H,27,30)/t16-,20-/m1/s1. The molecule has 2 aromatic rings. The van der Waals surface area contributed by atoms with E-state index in [4.69, 9.17) is 26.8 Å². The van der Waals surface area contributed by atoms with Gasteiger partial charge in [0.2, 0.25) is 0 Å². The first kappa shape index (κ1) is 26.7. The minimum atomic E-state index is -1.26. The lowest BCUT2D eigenvalue weighted by Gasteiger charge is -2.49. The fourth-order valence-corrected chi connectivity index (χ4v) is 5.84. The van der Waals surface area contributed by atoms with Crippen LogP contribution in [0.15, 0.2) is 46.1 Å². The van der Waals surface area contributed by atoms with Crippen LogP contribution in [0.4, 0.5) is 9.52 Å². The number of fused-ring (bicyclic) bond motifs is 1. The van der Waals surface area contributed by atoms with Gasteiger partial charge in [-0.15, -0.1) is 34.7 Å². The number of benzene rings is 1. The van der Waals surface area contributed by atoms with Gasteiger partial charge < -0.3 is 25.4 Å². The summed E-state index contributed by atoms with van der Waals surface area (Å²) in [5, 5.41) is 7.07. The van der Waals surface area contributed by atoms with Crippen LogP contribution < -0.4 is 15.8 Å². The maximum absolute atomic E-state index is 13.1. The summed E-state index contributed by atoms with van der Waals surface area (Å²) < 4.78 is 23.1. The number of nitrogens with one attached hydrogen (secondary N) is 1. The molecule has 4 rings (SSSR count). The molecule has 2 aliphatic heterocycles. The molecule has 11 nitrogen and oxygen atoms in total. The molecule has 1 aromatic carbocycles. The molecule has 0 saturated carbocycles. The molecule has 3 heterocycles. The molecule has 2 aliphatic rings. The third-order valence-electron chi connectivity index (χ3n) is 5.40. The molecular weight excluding hydrogens is 549 g/mol. The lowest BCUT2D eigenvalue weighted by Crippen LogP contribution is -2.71. The molecule has 3 N–H and O–H groups in total. The fourth-order valence-electron chi connectivity index (χ4n) is 3.61. The Morgan fingerprint density at radius 1 is 1.35 bits per heavy atom. The number of carbonyl (C=O) groups is 3. The number of nitrogens with two attached hydrogens (primary N) is 1. The van der Waals surface area contributed by atoms with Crippen LogP contribution in [-0.2, 0) is 30.6 Å². The van der Waals surface area contributed by atoms with Gasteiger partial charge in [0.15, 0.2) is 10.8 Å². The van der Waals surface area contributed by atoms with E-state index in [1.54, 1.807) is 31.4 Å². The first-order valence-corrected chi connectivity index (χ1v) is 13.1. The number of carbonyl (C=O) groups excluding carboxylic acids is 3.